The largest absolute Gasteiger partial charge is 0.469 e. The first-order valence-electron chi connectivity index (χ1n) is 18.8. The molecular weight excluding hydrogens is 589 g/mol. The van der Waals surface area contributed by atoms with Gasteiger partial charge in [0.2, 0.25) is 0 Å². The third-order valence-corrected chi connectivity index (χ3v) is 24.5. The molecule has 262 valence electrons. The van der Waals surface area contributed by atoms with Crippen LogP contribution in [0.15, 0.2) is 0 Å². The van der Waals surface area contributed by atoms with Crippen LogP contribution in [-0.4, -0.2) is 41.9 Å². The number of esters is 1. The quantitative estimate of drug-likeness (QED) is 0.192. The van der Waals surface area contributed by atoms with Gasteiger partial charge in [0.25, 0.3) is 0 Å². The number of carbonyl (C=O) groups excluding carboxylic acids is 1. The Labute approximate surface area is 281 Å². The van der Waals surface area contributed by atoms with Crippen LogP contribution < -0.4 is 0 Å². The first-order chi connectivity index (χ1) is 20.4. The van der Waals surface area contributed by atoms with Crippen LogP contribution in [0.2, 0.25) is 36.3 Å². The van der Waals surface area contributed by atoms with E-state index in [0.29, 0.717) is 40.9 Å². The maximum atomic E-state index is 12.4. The van der Waals surface area contributed by atoms with Gasteiger partial charge in [0, 0.05) is 0 Å². The lowest BCUT2D eigenvalue weighted by Gasteiger charge is -2.67. The van der Waals surface area contributed by atoms with Crippen LogP contribution in [0.1, 0.15) is 128 Å². The van der Waals surface area contributed by atoms with Gasteiger partial charge < -0.3 is 13.6 Å². The van der Waals surface area contributed by atoms with Gasteiger partial charge in [0.15, 0.2) is 16.6 Å². The summed E-state index contributed by atoms with van der Waals surface area (Å²) in [6, 6.07) is 0. The van der Waals surface area contributed by atoms with Gasteiger partial charge in [0.05, 0.1) is 25.2 Å². The monoisotopic (exact) mass is 663 g/mol. The molecule has 0 saturated heterocycles. The van der Waals surface area contributed by atoms with Gasteiger partial charge in [-0.15, -0.1) is 0 Å². The molecule has 0 bridgehead atoms. The number of rotatable bonds is 8. The lowest BCUT2D eigenvalue weighted by molar-refractivity contribution is -0.211. The molecule has 0 N–H and O–H groups in total. The maximum absolute atomic E-state index is 12.4. The highest BCUT2D eigenvalue weighted by atomic mass is 28.4. The van der Waals surface area contributed by atoms with Crippen LogP contribution in [-0.2, 0) is 18.4 Å². The van der Waals surface area contributed by atoms with E-state index in [1.165, 1.54) is 52.1 Å². The molecule has 0 spiro atoms. The Morgan fingerprint density at radius 2 is 1.29 bits per heavy atom. The van der Waals surface area contributed by atoms with Gasteiger partial charge in [-0.2, -0.15) is 0 Å². The van der Waals surface area contributed by atoms with Crippen molar-refractivity contribution in [2.75, 3.05) is 7.11 Å². The summed E-state index contributed by atoms with van der Waals surface area (Å²) in [4.78, 5) is 12.4. The van der Waals surface area contributed by atoms with Gasteiger partial charge in [-0.1, -0.05) is 82.6 Å². The molecular formula is C39H74O4Si2. The van der Waals surface area contributed by atoms with E-state index in [4.69, 9.17) is 13.6 Å². The highest BCUT2D eigenvalue weighted by Gasteiger charge is 2.67. The van der Waals surface area contributed by atoms with E-state index in [1.54, 1.807) is 0 Å². The number of ether oxygens (including phenoxy) is 1. The summed E-state index contributed by atoms with van der Waals surface area (Å²) >= 11 is 0. The fourth-order valence-corrected chi connectivity index (χ4v) is 13.4. The zero-order valence-corrected chi connectivity index (χ0v) is 34.6. The van der Waals surface area contributed by atoms with Crippen molar-refractivity contribution in [2.24, 2.45) is 58.2 Å². The Morgan fingerprint density at radius 3 is 1.82 bits per heavy atom. The summed E-state index contributed by atoms with van der Waals surface area (Å²) in [6.07, 6.45) is 10.4. The first-order valence-corrected chi connectivity index (χ1v) is 24.7. The molecule has 6 heteroatoms. The van der Waals surface area contributed by atoms with Crippen molar-refractivity contribution < 1.29 is 18.4 Å². The topological polar surface area (TPSA) is 44.8 Å². The Kier molecular flexibility index (Phi) is 10.5. The normalized spacial score (nSPS) is 40.6. The van der Waals surface area contributed by atoms with Crippen LogP contribution >= 0.6 is 0 Å². The standard InChI is InChI=1S/C39H74O4Si2/c1-25-19-21-39(11)30-20-22-38(10)28(26(2)24-27(3)35(40)41-12)17-18-29(38)32(30)34(43-45(15,16)37(7,8)9)33(31(39)23-25)42-44(13,14)36(4,5)6/h25-34H,17-24H2,1-16H3/t25-,26-,27+,28-,29?,30?,31?,32?,33-,34?,38-,39-/m1/s1. The smallest absolute Gasteiger partial charge is 0.308 e. The van der Waals surface area contributed by atoms with Gasteiger partial charge in [-0.25, -0.2) is 0 Å². The molecule has 4 saturated carbocycles. The zero-order chi connectivity index (χ0) is 34.1. The SMILES string of the molecule is COC(=O)[C@@H](C)C[C@@H](C)[C@H]1CCC2C3C(O[Si](C)(C)C(C)(C)C)[C@H](O[Si](C)(C)C(C)(C)C)C4C[C@H](C)CC[C@]4(C)C3CC[C@@]21C. The minimum Gasteiger partial charge on any atom is -0.469 e. The van der Waals surface area contributed by atoms with E-state index >= 15 is 0 Å². The molecule has 0 aromatic heterocycles. The van der Waals surface area contributed by atoms with Crippen molar-refractivity contribution in [3.05, 3.63) is 0 Å². The zero-order valence-electron chi connectivity index (χ0n) is 32.6. The summed E-state index contributed by atoms with van der Waals surface area (Å²) in [6.45, 7) is 36.7. The van der Waals surface area contributed by atoms with Crippen LogP contribution in [0.3, 0.4) is 0 Å². The van der Waals surface area contributed by atoms with E-state index in [2.05, 4.69) is 102 Å². The van der Waals surface area contributed by atoms with Crippen molar-refractivity contribution in [1.82, 2.24) is 0 Å². The molecule has 0 radical (unpaired) electrons. The van der Waals surface area contributed by atoms with Gasteiger partial charge in [-0.05, 0) is 133 Å². The third kappa shape index (κ3) is 6.72. The molecule has 4 nitrogen and oxygen atoms in total. The predicted octanol–water partition coefficient (Wildman–Crippen LogP) is 11.1. The van der Waals surface area contributed by atoms with Crippen molar-refractivity contribution in [3.63, 3.8) is 0 Å². The molecule has 4 rings (SSSR count). The average molecular weight is 663 g/mol. The van der Waals surface area contributed by atoms with Crippen LogP contribution in [0.4, 0.5) is 0 Å². The molecule has 0 heterocycles. The number of carbonyl (C=O) groups is 1. The van der Waals surface area contributed by atoms with Crippen molar-refractivity contribution in [2.45, 2.75) is 176 Å². The van der Waals surface area contributed by atoms with Gasteiger partial charge in [-0.3, -0.25) is 4.79 Å². The first kappa shape index (κ1) is 37.6. The number of hydrogen-bond acceptors (Lipinski definition) is 4. The molecule has 4 fully saturated rings. The van der Waals surface area contributed by atoms with E-state index in [-0.39, 0.29) is 39.6 Å². The molecule has 0 aromatic carbocycles. The fourth-order valence-electron chi connectivity index (χ4n) is 10.7. The van der Waals surface area contributed by atoms with E-state index in [0.717, 1.165) is 12.3 Å². The van der Waals surface area contributed by atoms with Crippen LogP contribution in [0.5, 0.6) is 0 Å². The maximum Gasteiger partial charge on any atom is 0.308 e. The van der Waals surface area contributed by atoms with Crippen LogP contribution in [0, 0.1) is 58.2 Å². The molecule has 4 aliphatic carbocycles. The highest BCUT2D eigenvalue weighted by molar-refractivity contribution is 6.74. The summed E-state index contributed by atoms with van der Waals surface area (Å²) in [7, 11) is -2.63. The van der Waals surface area contributed by atoms with Crippen LogP contribution in [0.25, 0.3) is 0 Å². The summed E-state index contributed by atoms with van der Waals surface area (Å²) < 4.78 is 20.8. The van der Waals surface area contributed by atoms with Crippen molar-refractivity contribution in [3.8, 4) is 0 Å². The lowest BCUT2D eigenvalue weighted by Crippen LogP contribution is -2.68. The Balaban J connectivity index is 1.83. The van der Waals surface area contributed by atoms with E-state index in [9.17, 15) is 4.79 Å². The third-order valence-electron chi connectivity index (χ3n) is 15.5. The Morgan fingerprint density at radius 1 is 0.778 bits per heavy atom. The average Bonchev–Trinajstić information content (AvgIpc) is 3.26. The highest BCUT2D eigenvalue weighted by Crippen LogP contribution is 2.70. The predicted molar refractivity (Wildman–Crippen MR) is 194 cm³/mol. The van der Waals surface area contributed by atoms with E-state index < -0.39 is 16.6 Å². The number of methoxy groups -OCH3 is 1. The second-order valence-corrected chi connectivity index (χ2v) is 29.8. The van der Waals surface area contributed by atoms with Crippen molar-refractivity contribution >= 4 is 22.6 Å². The second-order valence-electron chi connectivity index (χ2n) is 20.3. The second kappa shape index (κ2) is 12.6. The molecule has 0 amide bonds. The lowest BCUT2D eigenvalue weighted by atomic mass is 9.42. The Hall–Kier alpha value is -0.176. The van der Waals surface area contributed by atoms with Gasteiger partial charge in [0.1, 0.15) is 0 Å². The fraction of sp³-hybridized carbons (Fsp3) is 0.974. The van der Waals surface area contributed by atoms with Gasteiger partial charge >= 0.3 is 5.97 Å². The van der Waals surface area contributed by atoms with Crippen molar-refractivity contribution in [1.29, 1.82) is 0 Å². The van der Waals surface area contributed by atoms with E-state index in [1.807, 2.05) is 0 Å². The summed E-state index contributed by atoms with van der Waals surface area (Å²) in [5.74, 6) is 4.25. The minimum atomic E-state index is -2.09. The molecule has 5 unspecified atom stereocenters. The minimum absolute atomic E-state index is 0.0420. The molecule has 4 aliphatic rings. The number of fused-ring (bicyclic) bond motifs is 5. The Bertz CT molecular complexity index is 1060. The summed E-state index contributed by atoms with van der Waals surface area (Å²) in [5.41, 5.74) is 0.583. The summed E-state index contributed by atoms with van der Waals surface area (Å²) in [5, 5.41) is 0.312. The number of hydrogen-bond donors (Lipinski definition) is 0. The molecule has 12 atom stereocenters. The molecule has 45 heavy (non-hydrogen) atoms. The molecule has 0 aliphatic heterocycles. The molecule has 0 aromatic rings.